The highest BCUT2D eigenvalue weighted by Gasteiger charge is 2.21. The fraction of sp³-hybridized carbons (Fsp3) is 0.529. The lowest BCUT2D eigenvalue weighted by molar-refractivity contribution is -0.122. The monoisotopic (exact) mass is 332 g/mol. The van der Waals surface area contributed by atoms with E-state index in [9.17, 15) is 4.79 Å². The zero-order chi connectivity index (χ0) is 16.9. The Bertz CT molecular complexity index is 707. The largest absolute Gasteiger partial charge is 0.484 e. The summed E-state index contributed by atoms with van der Waals surface area (Å²) < 4.78 is 13.3. The van der Waals surface area contributed by atoms with Gasteiger partial charge in [-0.05, 0) is 31.9 Å². The summed E-state index contributed by atoms with van der Waals surface area (Å²) in [5.41, 5.74) is 7.78. The molecule has 3 rings (SSSR count). The SMILES string of the molecule is CCNC(=O)COc1ccc2nc(CN)n(C3CCOCC3)c2c1. The predicted molar refractivity (Wildman–Crippen MR) is 90.9 cm³/mol. The van der Waals surface area contributed by atoms with E-state index in [1.165, 1.54) is 0 Å². The second-order valence-corrected chi connectivity index (χ2v) is 5.84. The summed E-state index contributed by atoms with van der Waals surface area (Å²) >= 11 is 0. The highest BCUT2D eigenvalue weighted by Crippen LogP contribution is 2.30. The number of hydrogen-bond donors (Lipinski definition) is 2. The van der Waals surface area contributed by atoms with Gasteiger partial charge in [0.1, 0.15) is 11.6 Å². The molecule has 0 spiro atoms. The van der Waals surface area contributed by atoms with E-state index in [0.717, 1.165) is 42.9 Å². The summed E-state index contributed by atoms with van der Waals surface area (Å²) in [5, 5.41) is 2.72. The van der Waals surface area contributed by atoms with E-state index in [1.54, 1.807) is 0 Å². The summed E-state index contributed by atoms with van der Waals surface area (Å²) in [6, 6.07) is 6.03. The molecule has 0 bridgehead atoms. The van der Waals surface area contributed by atoms with Crippen molar-refractivity contribution >= 4 is 16.9 Å². The van der Waals surface area contributed by atoms with Crippen molar-refractivity contribution in [1.29, 1.82) is 0 Å². The maximum atomic E-state index is 11.6. The standard InChI is InChI=1S/C17H24N4O3/c1-2-19-17(22)11-24-13-3-4-14-15(9-13)21(16(10-18)20-14)12-5-7-23-8-6-12/h3-4,9,12H,2,5-8,10-11,18H2,1H3,(H,19,22). The number of nitrogens with two attached hydrogens (primary N) is 1. The molecule has 0 saturated carbocycles. The first-order valence-electron chi connectivity index (χ1n) is 8.41. The number of amides is 1. The van der Waals surface area contributed by atoms with Crippen LogP contribution in [-0.2, 0) is 16.1 Å². The van der Waals surface area contributed by atoms with E-state index in [2.05, 4.69) is 14.9 Å². The normalized spacial score (nSPS) is 15.6. The van der Waals surface area contributed by atoms with E-state index < -0.39 is 0 Å². The Morgan fingerprint density at radius 1 is 1.46 bits per heavy atom. The molecular formula is C17H24N4O3. The van der Waals surface area contributed by atoms with Crippen molar-refractivity contribution in [3.63, 3.8) is 0 Å². The van der Waals surface area contributed by atoms with Gasteiger partial charge in [0.15, 0.2) is 6.61 Å². The topological polar surface area (TPSA) is 91.4 Å². The molecule has 1 aliphatic rings. The summed E-state index contributed by atoms with van der Waals surface area (Å²) in [6.07, 6.45) is 1.89. The van der Waals surface area contributed by atoms with Crippen LogP contribution >= 0.6 is 0 Å². The van der Waals surface area contributed by atoms with Crippen LogP contribution in [0, 0.1) is 0 Å². The number of rotatable bonds is 6. The summed E-state index contributed by atoms with van der Waals surface area (Å²) in [4.78, 5) is 16.2. The lowest BCUT2D eigenvalue weighted by Crippen LogP contribution is -2.28. The van der Waals surface area contributed by atoms with Gasteiger partial charge in [-0.3, -0.25) is 4.79 Å². The summed E-state index contributed by atoms with van der Waals surface area (Å²) in [5.74, 6) is 1.40. The highest BCUT2D eigenvalue weighted by molar-refractivity contribution is 5.79. The minimum absolute atomic E-state index is 0.00843. The highest BCUT2D eigenvalue weighted by atomic mass is 16.5. The Balaban J connectivity index is 1.87. The quantitative estimate of drug-likeness (QED) is 0.833. The Morgan fingerprint density at radius 2 is 2.25 bits per heavy atom. The Hall–Kier alpha value is -2.12. The third-order valence-corrected chi connectivity index (χ3v) is 4.22. The van der Waals surface area contributed by atoms with Gasteiger partial charge in [-0.25, -0.2) is 4.98 Å². The van der Waals surface area contributed by atoms with Crippen LogP contribution in [0.4, 0.5) is 0 Å². The number of carbonyl (C=O) groups is 1. The molecule has 3 N–H and O–H groups in total. The average molecular weight is 332 g/mol. The molecule has 0 aliphatic carbocycles. The molecule has 130 valence electrons. The first-order chi connectivity index (χ1) is 11.7. The number of hydrogen-bond acceptors (Lipinski definition) is 5. The first kappa shape index (κ1) is 16.7. The Labute approximate surface area is 141 Å². The predicted octanol–water partition coefficient (Wildman–Crippen LogP) is 1.36. The molecule has 1 saturated heterocycles. The number of aromatic nitrogens is 2. The number of nitrogens with one attached hydrogen (secondary N) is 1. The molecule has 7 heteroatoms. The van der Waals surface area contributed by atoms with Crippen molar-refractivity contribution in [2.75, 3.05) is 26.4 Å². The van der Waals surface area contributed by atoms with E-state index in [4.69, 9.17) is 15.2 Å². The average Bonchev–Trinajstić information content (AvgIpc) is 2.98. The third kappa shape index (κ3) is 3.52. The van der Waals surface area contributed by atoms with Crippen molar-refractivity contribution in [3.8, 4) is 5.75 Å². The van der Waals surface area contributed by atoms with Gasteiger partial charge < -0.3 is 25.1 Å². The number of imidazole rings is 1. The molecule has 0 radical (unpaired) electrons. The molecule has 1 fully saturated rings. The van der Waals surface area contributed by atoms with Crippen molar-refractivity contribution in [2.24, 2.45) is 5.73 Å². The third-order valence-electron chi connectivity index (χ3n) is 4.22. The maximum Gasteiger partial charge on any atom is 0.257 e. The molecule has 24 heavy (non-hydrogen) atoms. The van der Waals surface area contributed by atoms with E-state index >= 15 is 0 Å². The fourth-order valence-electron chi connectivity index (χ4n) is 3.10. The zero-order valence-electron chi connectivity index (χ0n) is 14.0. The van der Waals surface area contributed by atoms with Gasteiger partial charge in [-0.1, -0.05) is 0 Å². The molecule has 1 amide bonds. The van der Waals surface area contributed by atoms with Gasteiger partial charge in [0.2, 0.25) is 0 Å². The molecule has 2 aromatic rings. The molecule has 1 aromatic carbocycles. The molecule has 0 unspecified atom stereocenters. The van der Waals surface area contributed by atoms with Crippen LogP contribution in [0.2, 0.25) is 0 Å². The Kier molecular flexibility index (Phi) is 5.32. The van der Waals surface area contributed by atoms with Gasteiger partial charge in [0.25, 0.3) is 5.91 Å². The number of ether oxygens (including phenoxy) is 2. The summed E-state index contributed by atoms with van der Waals surface area (Å²) in [6.45, 7) is 4.38. The molecular weight excluding hydrogens is 308 g/mol. The zero-order valence-corrected chi connectivity index (χ0v) is 14.0. The van der Waals surface area contributed by atoms with E-state index in [0.29, 0.717) is 24.9 Å². The fourth-order valence-corrected chi connectivity index (χ4v) is 3.10. The Morgan fingerprint density at radius 3 is 2.96 bits per heavy atom. The van der Waals surface area contributed by atoms with Gasteiger partial charge >= 0.3 is 0 Å². The van der Waals surface area contributed by atoms with Crippen molar-refractivity contribution in [3.05, 3.63) is 24.0 Å². The second kappa shape index (κ2) is 7.63. The number of carbonyl (C=O) groups excluding carboxylic acids is 1. The van der Waals surface area contributed by atoms with Crippen molar-refractivity contribution < 1.29 is 14.3 Å². The number of benzene rings is 1. The van der Waals surface area contributed by atoms with Gasteiger partial charge in [-0.15, -0.1) is 0 Å². The lowest BCUT2D eigenvalue weighted by atomic mass is 10.1. The first-order valence-corrected chi connectivity index (χ1v) is 8.41. The smallest absolute Gasteiger partial charge is 0.257 e. The molecule has 1 aromatic heterocycles. The number of fused-ring (bicyclic) bond motifs is 1. The van der Waals surface area contributed by atoms with Crippen LogP contribution < -0.4 is 15.8 Å². The van der Waals surface area contributed by atoms with E-state index in [1.807, 2.05) is 25.1 Å². The summed E-state index contributed by atoms with van der Waals surface area (Å²) in [7, 11) is 0. The lowest BCUT2D eigenvalue weighted by Gasteiger charge is -2.25. The van der Waals surface area contributed by atoms with Crippen molar-refractivity contribution in [1.82, 2.24) is 14.9 Å². The maximum absolute atomic E-state index is 11.6. The minimum atomic E-state index is -0.127. The van der Waals surface area contributed by atoms with Crippen LogP contribution in [0.15, 0.2) is 18.2 Å². The number of likely N-dealkylation sites (N-methyl/N-ethyl adjacent to an activating group) is 1. The minimum Gasteiger partial charge on any atom is -0.484 e. The van der Waals surface area contributed by atoms with E-state index in [-0.39, 0.29) is 12.5 Å². The molecule has 7 nitrogen and oxygen atoms in total. The molecule has 2 heterocycles. The van der Waals surface area contributed by atoms with Crippen LogP contribution in [0.1, 0.15) is 31.6 Å². The van der Waals surface area contributed by atoms with Gasteiger partial charge in [-0.2, -0.15) is 0 Å². The van der Waals surface area contributed by atoms with Gasteiger partial charge in [0.05, 0.1) is 17.6 Å². The van der Waals surface area contributed by atoms with Crippen molar-refractivity contribution in [2.45, 2.75) is 32.4 Å². The van der Waals surface area contributed by atoms with Gasteiger partial charge in [0, 0.05) is 31.9 Å². The molecule has 0 atom stereocenters. The molecule has 1 aliphatic heterocycles. The van der Waals surface area contributed by atoms with Crippen LogP contribution in [0.3, 0.4) is 0 Å². The van der Waals surface area contributed by atoms with Crippen LogP contribution in [0.5, 0.6) is 5.75 Å². The van der Waals surface area contributed by atoms with Crippen LogP contribution in [0.25, 0.3) is 11.0 Å². The van der Waals surface area contributed by atoms with Crippen LogP contribution in [-0.4, -0.2) is 41.8 Å². The second-order valence-electron chi connectivity index (χ2n) is 5.84. The number of nitrogens with zero attached hydrogens (tertiary/aromatic N) is 2.